The lowest BCUT2D eigenvalue weighted by Crippen LogP contribution is -2.24. The largest absolute Gasteiger partial charge is 0.379 e. The Morgan fingerprint density at radius 2 is 1.27 bits per heavy atom. The van der Waals surface area contributed by atoms with Gasteiger partial charge in [-0.3, -0.25) is 0 Å². The summed E-state index contributed by atoms with van der Waals surface area (Å²) in [4.78, 5) is 0. The highest BCUT2D eigenvalue weighted by atomic mass is 16.7. The van der Waals surface area contributed by atoms with E-state index in [4.69, 9.17) is 28.4 Å². The van der Waals surface area contributed by atoms with Gasteiger partial charge in [0, 0.05) is 13.2 Å². The Morgan fingerprint density at radius 1 is 0.727 bits per heavy atom. The molecule has 1 atom stereocenters. The Balaban J connectivity index is 1.68. The maximum atomic E-state index is 5.56. The summed E-state index contributed by atoms with van der Waals surface area (Å²) in [7, 11) is 0. The molecule has 0 radical (unpaired) electrons. The van der Waals surface area contributed by atoms with Crippen molar-refractivity contribution in [2.45, 2.75) is 38.9 Å². The predicted octanol–water partition coefficient (Wildman–Crippen LogP) is 2.01. The van der Waals surface area contributed by atoms with Gasteiger partial charge in [-0.15, -0.1) is 0 Å². The minimum Gasteiger partial charge on any atom is -0.379 e. The van der Waals surface area contributed by atoms with Gasteiger partial charge in [-0.25, -0.2) is 0 Å². The maximum Gasteiger partial charge on any atom is 0.157 e. The second-order valence-electron chi connectivity index (χ2n) is 5.12. The topological polar surface area (TPSA) is 55.4 Å². The van der Waals surface area contributed by atoms with Crippen LogP contribution in [0.15, 0.2) is 0 Å². The normalized spacial score (nSPS) is 18.7. The fourth-order valence-corrected chi connectivity index (χ4v) is 1.99. The third-order valence-electron chi connectivity index (χ3n) is 3.13. The van der Waals surface area contributed by atoms with E-state index in [9.17, 15) is 0 Å². The van der Waals surface area contributed by atoms with Crippen molar-refractivity contribution in [3.05, 3.63) is 0 Å². The molecule has 0 aromatic rings. The minimum absolute atomic E-state index is 0.0351. The molecule has 132 valence electrons. The molecular formula is C16H32O6. The van der Waals surface area contributed by atoms with Crippen LogP contribution in [0.5, 0.6) is 0 Å². The van der Waals surface area contributed by atoms with Gasteiger partial charge >= 0.3 is 0 Å². The molecular weight excluding hydrogens is 288 g/mol. The molecule has 22 heavy (non-hydrogen) atoms. The summed E-state index contributed by atoms with van der Waals surface area (Å²) < 4.78 is 32.5. The van der Waals surface area contributed by atoms with Crippen LogP contribution in [-0.2, 0) is 28.4 Å². The zero-order valence-corrected chi connectivity index (χ0v) is 13.9. The molecule has 1 aliphatic rings. The van der Waals surface area contributed by atoms with Crippen LogP contribution in [-0.4, -0.2) is 72.4 Å². The summed E-state index contributed by atoms with van der Waals surface area (Å²) in [6.07, 6.45) is 4.33. The Morgan fingerprint density at radius 3 is 1.77 bits per heavy atom. The number of hydrogen-bond acceptors (Lipinski definition) is 6. The molecule has 0 aromatic carbocycles. The van der Waals surface area contributed by atoms with Gasteiger partial charge < -0.3 is 28.4 Å². The van der Waals surface area contributed by atoms with Gasteiger partial charge in [-0.05, 0) is 25.7 Å². The van der Waals surface area contributed by atoms with Gasteiger partial charge in [0.25, 0.3) is 0 Å². The van der Waals surface area contributed by atoms with Gasteiger partial charge in [0.15, 0.2) is 6.29 Å². The van der Waals surface area contributed by atoms with E-state index in [0.29, 0.717) is 52.9 Å². The number of hydrogen-bond donors (Lipinski definition) is 0. The molecule has 1 rings (SSSR count). The monoisotopic (exact) mass is 320 g/mol. The standard InChI is InChI=1S/C16H32O6/c1-2-6-17-8-9-18-10-11-19-12-13-20-14-15-22-16-5-3-4-7-21-16/h16H,2-15H2,1H3. The maximum absolute atomic E-state index is 5.56. The van der Waals surface area contributed by atoms with E-state index in [-0.39, 0.29) is 6.29 Å². The summed E-state index contributed by atoms with van der Waals surface area (Å²) in [5.41, 5.74) is 0. The van der Waals surface area contributed by atoms with Crippen LogP contribution in [0.1, 0.15) is 32.6 Å². The second kappa shape index (κ2) is 15.6. The van der Waals surface area contributed by atoms with Gasteiger partial charge in [-0.2, -0.15) is 0 Å². The third-order valence-corrected chi connectivity index (χ3v) is 3.13. The van der Waals surface area contributed by atoms with Gasteiger partial charge in [0.05, 0.1) is 52.9 Å². The highest BCUT2D eigenvalue weighted by Gasteiger charge is 2.13. The lowest BCUT2D eigenvalue weighted by Gasteiger charge is -2.22. The van der Waals surface area contributed by atoms with Gasteiger partial charge in [0.2, 0.25) is 0 Å². The van der Waals surface area contributed by atoms with E-state index in [0.717, 1.165) is 32.5 Å². The molecule has 0 aromatic heterocycles. The Kier molecular flexibility index (Phi) is 14.1. The van der Waals surface area contributed by atoms with Crippen LogP contribution in [0.2, 0.25) is 0 Å². The quantitative estimate of drug-likeness (QED) is 0.430. The summed E-state index contributed by atoms with van der Waals surface area (Å²) in [6, 6.07) is 0. The molecule has 0 aliphatic carbocycles. The number of ether oxygens (including phenoxy) is 6. The summed E-state index contributed by atoms with van der Waals surface area (Å²) in [5, 5.41) is 0. The van der Waals surface area contributed by atoms with Crippen LogP contribution < -0.4 is 0 Å². The third kappa shape index (κ3) is 12.3. The van der Waals surface area contributed by atoms with Crippen molar-refractivity contribution < 1.29 is 28.4 Å². The lowest BCUT2D eigenvalue weighted by molar-refractivity contribution is -0.169. The van der Waals surface area contributed by atoms with E-state index >= 15 is 0 Å². The first-order valence-corrected chi connectivity index (χ1v) is 8.47. The van der Waals surface area contributed by atoms with Crippen LogP contribution in [0.4, 0.5) is 0 Å². The smallest absolute Gasteiger partial charge is 0.157 e. The van der Waals surface area contributed by atoms with Crippen molar-refractivity contribution in [1.82, 2.24) is 0 Å². The average Bonchev–Trinajstić information content (AvgIpc) is 2.56. The fourth-order valence-electron chi connectivity index (χ4n) is 1.99. The van der Waals surface area contributed by atoms with Crippen LogP contribution in [0.3, 0.4) is 0 Å². The molecule has 6 nitrogen and oxygen atoms in total. The van der Waals surface area contributed by atoms with Crippen LogP contribution in [0.25, 0.3) is 0 Å². The SMILES string of the molecule is CCCOCCOCCOCCOCCOC1CCCCO1. The second-order valence-corrected chi connectivity index (χ2v) is 5.12. The van der Waals surface area contributed by atoms with E-state index < -0.39 is 0 Å². The van der Waals surface area contributed by atoms with E-state index in [2.05, 4.69) is 6.92 Å². The summed E-state index contributed by atoms with van der Waals surface area (Å²) >= 11 is 0. The molecule has 0 amide bonds. The van der Waals surface area contributed by atoms with Crippen LogP contribution >= 0.6 is 0 Å². The molecule has 0 saturated carbocycles. The summed E-state index contributed by atoms with van der Waals surface area (Å²) in [5.74, 6) is 0. The fraction of sp³-hybridized carbons (Fsp3) is 1.00. The van der Waals surface area contributed by atoms with Crippen LogP contribution in [0, 0.1) is 0 Å². The number of rotatable bonds is 15. The first-order chi connectivity index (χ1) is 10.9. The Labute approximate surface area is 134 Å². The molecule has 0 bridgehead atoms. The van der Waals surface area contributed by atoms with Gasteiger partial charge in [-0.1, -0.05) is 6.92 Å². The molecule has 1 fully saturated rings. The highest BCUT2D eigenvalue weighted by molar-refractivity contribution is 4.53. The first kappa shape index (κ1) is 19.8. The molecule has 6 heteroatoms. The van der Waals surface area contributed by atoms with Crippen molar-refractivity contribution in [3.63, 3.8) is 0 Å². The Bertz CT molecular complexity index is 221. The van der Waals surface area contributed by atoms with E-state index in [1.165, 1.54) is 6.42 Å². The van der Waals surface area contributed by atoms with Gasteiger partial charge in [0.1, 0.15) is 0 Å². The van der Waals surface area contributed by atoms with E-state index in [1.807, 2.05) is 0 Å². The minimum atomic E-state index is -0.0351. The first-order valence-electron chi connectivity index (χ1n) is 8.47. The van der Waals surface area contributed by atoms with Crippen molar-refractivity contribution in [3.8, 4) is 0 Å². The van der Waals surface area contributed by atoms with E-state index in [1.54, 1.807) is 0 Å². The van der Waals surface area contributed by atoms with Crippen molar-refractivity contribution in [1.29, 1.82) is 0 Å². The molecule has 1 heterocycles. The summed E-state index contributed by atoms with van der Waals surface area (Å²) in [6.45, 7) is 8.47. The molecule has 1 aliphatic heterocycles. The molecule has 1 saturated heterocycles. The zero-order chi connectivity index (χ0) is 15.7. The predicted molar refractivity (Wildman–Crippen MR) is 83.1 cm³/mol. The van der Waals surface area contributed by atoms with Crippen molar-refractivity contribution >= 4 is 0 Å². The highest BCUT2D eigenvalue weighted by Crippen LogP contribution is 2.13. The average molecular weight is 320 g/mol. The molecule has 0 spiro atoms. The lowest BCUT2D eigenvalue weighted by atomic mass is 10.2. The van der Waals surface area contributed by atoms with Crippen molar-refractivity contribution in [2.75, 3.05) is 66.1 Å². The Hall–Kier alpha value is -0.240. The molecule has 0 N–H and O–H groups in total. The zero-order valence-electron chi connectivity index (χ0n) is 13.9. The van der Waals surface area contributed by atoms with Crippen molar-refractivity contribution in [2.24, 2.45) is 0 Å². The molecule has 1 unspecified atom stereocenters.